The van der Waals surface area contributed by atoms with Gasteiger partial charge in [-0.3, -0.25) is 4.79 Å². The number of aliphatic hydroxyl groups is 1. The van der Waals surface area contributed by atoms with Gasteiger partial charge in [-0.1, -0.05) is 101 Å². The van der Waals surface area contributed by atoms with E-state index in [1.165, 1.54) is 34.8 Å². The van der Waals surface area contributed by atoms with Crippen LogP contribution in [0.3, 0.4) is 0 Å². The summed E-state index contributed by atoms with van der Waals surface area (Å²) in [7, 11) is -2.18. The Morgan fingerprint density at radius 2 is 1.70 bits per heavy atom. The lowest BCUT2D eigenvalue weighted by molar-refractivity contribution is -0.128. The number of aliphatic hydroxyl groups excluding tert-OH is 1. The highest BCUT2D eigenvalue weighted by Gasteiger charge is 2.41. The molecular weight excluding hydrogens is 707 g/mol. The molecule has 0 aliphatic carbocycles. The summed E-state index contributed by atoms with van der Waals surface area (Å²) in [6.45, 7) is 10.5. The fourth-order valence-electron chi connectivity index (χ4n) is 6.92. The molecule has 0 radical (unpaired) electrons. The van der Waals surface area contributed by atoms with Crippen LogP contribution >= 0.6 is 0 Å². The van der Waals surface area contributed by atoms with Crippen LogP contribution in [-0.2, 0) is 34.8 Å². The largest absolute Gasteiger partial charge is 0.411 e. The Bertz CT molecular complexity index is 2030. The number of rotatable bonds is 16. The smallest absolute Gasteiger partial charge is 0.321 e. The fraction of sp³-hybridized carbons (Fsp3) is 0.450. The first-order valence-corrected chi connectivity index (χ1v) is 19.8. The molecule has 13 nitrogen and oxygen atoms in total. The van der Waals surface area contributed by atoms with Crippen LogP contribution in [0.1, 0.15) is 58.0 Å². The van der Waals surface area contributed by atoms with E-state index in [2.05, 4.69) is 10.5 Å². The molecule has 5 rings (SSSR count). The van der Waals surface area contributed by atoms with E-state index in [0.717, 1.165) is 22.4 Å². The van der Waals surface area contributed by atoms with Crippen molar-refractivity contribution >= 4 is 39.2 Å². The number of para-hydroxylation sites is 2. The predicted molar refractivity (Wildman–Crippen MR) is 209 cm³/mol. The number of nitrogens with zero attached hydrogens (tertiary/aromatic N) is 6. The molecule has 4 atom stereocenters. The average Bonchev–Trinajstić information content (AvgIpc) is 3.65. The molecule has 1 fully saturated rings. The number of fused-ring (bicyclic) bond motifs is 1. The highest BCUT2D eigenvalue weighted by molar-refractivity contribution is 7.89. The van der Waals surface area contributed by atoms with Crippen molar-refractivity contribution in [2.24, 2.45) is 23.5 Å². The molecule has 0 bridgehead atoms. The second-order valence-electron chi connectivity index (χ2n) is 15.3. The molecule has 0 unspecified atom stereocenters. The summed E-state index contributed by atoms with van der Waals surface area (Å²) in [5, 5.41) is 26.9. The maximum absolute atomic E-state index is 14.4. The maximum Gasteiger partial charge on any atom is 0.321 e. The predicted octanol–water partition coefficient (Wildman–Crippen LogP) is 4.86. The number of sulfonamides is 1. The standard InChI is InChI=1S/C40H53N7O6S/c1-7-28(2)37(47-22-21-45(39(47)50)26-36-42-32-15-11-12-16-34(32)44(36)6)38(49)43-33(23-29-13-9-8-10-14-29)35(48)25-46(27-40(3,4)5)54(52,53)31-19-17-30(18-20-31)24-41-51/h8-20,24,28,33,35,37,48,51H,7,21-23,25-27H2,1-6H3,(H,43,49)/b41-24+/t28-,33-,35+,37-/m0/s1. The second-order valence-corrected chi connectivity index (χ2v) is 17.3. The van der Waals surface area contributed by atoms with Gasteiger partial charge >= 0.3 is 6.03 Å². The van der Waals surface area contributed by atoms with Gasteiger partial charge in [0.1, 0.15) is 11.9 Å². The molecule has 14 heteroatoms. The molecule has 3 amide bonds. The summed E-state index contributed by atoms with van der Waals surface area (Å²) in [5.74, 6) is 0.121. The number of carbonyl (C=O) groups is 2. The SMILES string of the molecule is CC[C@H](C)[C@@H](C(=O)N[C@@H](Cc1ccccc1)[C@H](O)CN(CC(C)(C)C)S(=O)(=O)c1ccc(/C=N/O)cc1)N1CCN(Cc2nc3ccccc3n2C)C1=O. The van der Waals surface area contributed by atoms with Crippen molar-refractivity contribution in [3.8, 4) is 0 Å². The molecule has 4 aromatic rings. The minimum absolute atomic E-state index is 0.0188. The Kier molecular flexibility index (Phi) is 12.8. The molecule has 1 saturated heterocycles. The van der Waals surface area contributed by atoms with Gasteiger partial charge in [-0.05, 0) is 53.1 Å². The fourth-order valence-corrected chi connectivity index (χ4v) is 8.60. The summed E-state index contributed by atoms with van der Waals surface area (Å²) < 4.78 is 31.4. The highest BCUT2D eigenvalue weighted by Crippen LogP contribution is 2.26. The molecule has 3 N–H and O–H groups in total. The Labute approximate surface area is 318 Å². The van der Waals surface area contributed by atoms with Crippen LogP contribution < -0.4 is 5.32 Å². The van der Waals surface area contributed by atoms with Crippen LogP contribution in [0.2, 0.25) is 0 Å². The number of benzene rings is 3. The summed E-state index contributed by atoms with van der Waals surface area (Å²) in [4.78, 5) is 36.5. The zero-order valence-corrected chi connectivity index (χ0v) is 32.8. The quantitative estimate of drug-likeness (QED) is 0.0836. The van der Waals surface area contributed by atoms with E-state index >= 15 is 0 Å². The Balaban J connectivity index is 1.40. The topological polar surface area (TPSA) is 161 Å². The molecule has 1 aromatic heterocycles. The van der Waals surface area contributed by atoms with E-state index in [0.29, 0.717) is 31.6 Å². The summed E-state index contributed by atoms with van der Waals surface area (Å²) in [5.41, 5.74) is 2.71. The number of nitrogens with one attached hydrogen (secondary N) is 1. The molecule has 1 aliphatic rings. The van der Waals surface area contributed by atoms with Gasteiger partial charge in [0.25, 0.3) is 0 Å². The van der Waals surface area contributed by atoms with Crippen LogP contribution in [-0.4, -0.2) is 105 Å². The van der Waals surface area contributed by atoms with Crippen molar-refractivity contribution in [2.75, 3.05) is 26.2 Å². The molecule has 2 heterocycles. The van der Waals surface area contributed by atoms with Gasteiger partial charge in [0.2, 0.25) is 15.9 Å². The number of imidazole rings is 1. The van der Waals surface area contributed by atoms with Gasteiger partial charge in [-0.2, -0.15) is 4.31 Å². The molecule has 54 heavy (non-hydrogen) atoms. The lowest BCUT2D eigenvalue weighted by Gasteiger charge is -2.35. The molecule has 290 valence electrons. The third-order valence-corrected chi connectivity index (χ3v) is 11.8. The minimum Gasteiger partial charge on any atom is -0.411 e. The van der Waals surface area contributed by atoms with Crippen molar-refractivity contribution in [1.29, 1.82) is 0 Å². The van der Waals surface area contributed by atoms with E-state index in [9.17, 15) is 23.1 Å². The maximum atomic E-state index is 14.4. The van der Waals surface area contributed by atoms with Gasteiger partial charge in [-0.25, -0.2) is 18.2 Å². The molecule has 0 saturated carbocycles. The number of aryl methyl sites for hydroxylation is 1. The molecule has 3 aromatic carbocycles. The van der Waals surface area contributed by atoms with E-state index in [4.69, 9.17) is 10.2 Å². The van der Waals surface area contributed by atoms with Crippen LogP contribution in [0.25, 0.3) is 11.0 Å². The van der Waals surface area contributed by atoms with E-state index < -0.39 is 39.5 Å². The first kappa shape index (κ1) is 40.4. The average molecular weight is 760 g/mol. The number of hydrogen-bond donors (Lipinski definition) is 3. The van der Waals surface area contributed by atoms with Gasteiger partial charge in [0.05, 0.1) is 40.8 Å². The van der Waals surface area contributed by atoms with Crippen LogP contribution in [0.5, 0.6) is 0 Å². The summed E-state index contributed by atoms with van der Waals surface area (Å²) in [6.07, 6.45) is 0.741. The van der Waals surface area contributed by atoms with E-state index in [1.54, 1.807) is 9.80 Å². The highest BCUT2D eigenvalue weighted by atomic mass is 32.2. The van der Waals surface area contributed by atoms with Crippen molar-refractivity contribution < 1.29 is 28.3 Å². The number of oxime groups is 1. The number of amides is 3. The summed E-state index contributed by atoms with van der Waals surface area (Å²) in [6, 6.07) is 21.1. The van der Waals surface area contributed by atoms with Crippen LogP contribution in [0, 0.1) is 11.3 Å². The van der Waals surface area contributed by atoms with Crippen molar-refractivity contribution in [3.05, 3.63) is 95.8 Å². The lowest BCUT2D eigenvalue weighted by atomic mass is 9.94. The van der Waals surface area contributed by atoms with Crippen molar-refractivity contribution in [2.45, 2.75) is 77.1 Å². The zero-order valence-electron chi connectivity index (χ0n) is 32.0. The monoisotopic (exact) mass is 759 g/mol. The number of aromatic nitrogens is 2. The van der Waals surface area contributed by atoms with E-state index in [-0.39, 0.29) is 36.4 Å². The zero-order chi connectivity index (χ0) is 39.2. The minimum atomic E-state index is -4.11. The van der Waals surface area contributed by atoms with Crippen LogP contribution in [0.4, 0.5) is 4.79 Å². The molecule has 1 aliphatic heterocycles. The van der Waals surface area contributed by atoms with Gasteiger partial charge in [0, 0.05) is 33.2 Å². The third-order valence-electron chi connectivity index (χ3n) is 9.98. The molecule has 0 spiro atoms. The van der Waals surface area contributed by atoms with Gasteiger partial charge < -0.3 is 30.0 Å². The Morgan fingerprint density at radius 1 is 1.04 bits per heavy atom. The number of carbonyl (C=O) groups excluding carboxylic acids is 2. The normalized spacial score (nSPS) is 16.3. The Morgan fingerprint density at radius 3 is 2.33 bits per heavy atom. The van der Waals surface area contributed by atoms with E-state index in [1.807, 2.05) is 101 Å². The third kappa shape index (κ3) is 9.46. The van der Waals surface area contributed by atoms with Gasteiger partial charge in [0.15, 0.2) is 0 Å². The molecular formula is C40H53N7O6S. The Hall–Kier alpha value is -4.79. The number of urea groups is 1. The second kappa shape index (κ2) is 17.1. The van der Waals surface area contributed by atoms with Crippen molar-refractivity contribution in [3.63, 3.8) is 0 Å². The first-order chi connectivity index (χ1) is 25.6. The number of hydrogen-bond acceptors (Lipinski definition) is 8. The first-order valence-electron chi connectivity index (χ1n) is 18.4. The van der Waals surface area contributed by atoms with Gasteiger partial charge in [-0.15, -0.1) is 0 Å². The van der Waals surface area contributed by atoms with Crippen LogP contribution in [0.15, 0.2) is 88.9 Å². The van der Waals surface area contributed by atoms with Crippen molar-refractivity contribution in [1.82, 2.24) is 29.0 Å². The summed E-state index contributed by atoms with van der Waals surface area (Å²) >= 11 is 0. The lowest BCUT2D eigenvalue weighted by Crippen LogP contribution is -2.57.